The summed E-state index contributed by atoms with van der Waals surface area (Å²) in [6.07, 6.45) is 1.03. The van der Waals surface area contributed by atoms with Gasteiger partial charge in [-0.2, -0.15) is 0 Å². The predicted octanol–water partition coefficient (Wildman–Crippen LogP) is 3.89. The van der Waals surface area contributed by atoms with Crippen molar-refractivity contribution in [1.29, 1.82) is 0 Å². The van der Waals surface area contributed by atoms with Crippen LogP contribution in [0.3, 0.4) is 0 Å². The van der Waals surface area contributed by atoms with Crippen molar-refractivity contribution in [2.24, 2.45) is 5.92 Å². The van der Waals surface area contributed by atoms with Gasteiger partial charge in [-0.05, 0) is 36.6 Å². The quantitative estimate of drug-likeness (QED) is 0.665. The first-order chi connectivity index (χ1) is 9.63. The molecule has 0 aliphatic rings. The van der Waals surface area contributed by atoms with Crippen LogP contribution in [-0.2, 0) is 11.3 Å². The van der Waals surface area contributed by atoms with Gasteiger partial charge in [-0.1, -0.05) is 38.4 Å². The molecular formula is C16H26ClNO2. The zero-order valence-electron chi connectivity index (χ0n) is 12.7. The maximum Gasteiger partial charge on any atom is 0.138 e. The SMILES string of the molecule is CCCOCCOc1ccc(CNCC(C)C)cc1Cl. The van der Waals surface area contributed by atoms with Crippen LogP contribution >= 0.6 is 11.6 Å². The molecule has 0 heterocycles. The van der Waals surface area contributed by atoms with E-state index >= 15 is 0 Å². The summed E-state index contributed by atoms with van der Waals surface area (Å²) in [6, 6.07) is 5.92. The molecule has 0 aromatic heterocycles. The fourth-order valence-electron chi connectivity index (χ4n) is 1.73. The summed E-state index contributed by atoms with van der Waals surface area (Å²) in [6.45, 7) is 10.2. The van der Waals surface area contributed by atoms with Crippen molar-refractivity contribution in [3.63, 3.8) is 0 Å². The Morgan fingerprint density at radius 2 is 2.00 bits per heavy atom. The first-order valence-electron chi connectivity index (χ1n) is 7.33. The minimum Gasteiger partial charge on any atom is -0.490 e. The smallest absolute Gasteiger partial charge is 0.138 e. The zero-order chi connectivity index (χ0) is 14.8. The van der Waals surface area contributed by atoms with Crippen LogP contribution in [0.25, 0.3) is 0 Å². The molecule has 0 saturated heterocycles. The normalized spacial score (nSPS) is 11.1. The molecule has 0 unspecified atom stereocenters. The van der Waals surface area contributed by atoms with E-state index in [-0.39, 0.29) is 0 Å². The Labute approximate surface area is 127 Å². The Hall–Kier alpha value is -0.770. The Balaban J connectivity index is 2.35. The maximum absolute atomic E-state index is 6.22. The monoisotopic (exact) mass is 299 g/mol. The fourth-order valence-corrected chi connectivity index (χ4v) is 1.99. The van der Waals surface area contributed by atoms with E-state index in [1.165, 1.54) is 5.56 Å². The Bertz CT molecular complexity index is 383. The molecule has 0 radical (unpaired) electrons. The lowest BCUT2D eigenvalue weighted by atomic mass is 10.2. The highest BCUT2D eigenvalue weighted by Gasteiger charge is 2.03. The van der Waals surface area contributed by atoms with E-state index in [0.717, 1.165) is 31.9 Å². The third kappa shape index (κ3) is 7.13. The maximum atomic E-state index is 6.22. The summed E-state index contributed by atoms with van der Waals surface area (Å²) in [5.41, 5.74) is 1.17. The average molecular weight is 300 g/mol. The fraction of sp³-hybridized carbons (Fsp3) is 0.625. The summed E-state index contributed by atoms with van der Waals surface area (Å²) >= 11 is 6.22. The first kappa shape index (κ1) is 17.3. The summed E-state index contributed by atoms with van der Waals surface area (Å²) in [5, 5.41) is 4.05. The van der Waals surface area contributed by atoms with Crippen molar-refractivity contribution < 1.29 is 9.47 Å². The molecule has 0 amide bonds. The van der Waals surface area contributed by atoms with Crippen molar-refractivity contribution in [3.8, 4) is 5.75 Å². The van der Waals surface area contributed by atoms with Gasteiger partial charge in [0.2, 0.25) is 0 Å². The Morgan fingerprint density at radius 3 is 2.65 bits per heavy atom. The molecule has 0 fully saturated rings. The second kappa shape index (κ2) is 10.0. The molecule has 0 saturated carbocycles. The largest absolute Gasteiger partial charge is 0.490 e. The lowest BCUT2D eigenvalue weighted by Gasteiger charge is -2.11. The number of halogens is 1. The van der Waals surface area contributed by atoms with E-state index in [9.17, 15) is 0 Å². The van der Waals surface area contributed by atoms with E-state index in [0.29, 0.717) is 24.2 Å². The van der Waals surface area contributed by atoms with Crippen molar-refractivity contribution in [2.45, 2.75) is 33.7 Å². The zero-order valence-corrected chi connectivity index (χ0v) is 13.5. The van der Waals surface area contributed by atoms with Crippen LogP contribution in [-0.4, -0.2) is 26.4 Å². The number of rotatable bonds is 10. The van der Waals surface area contributed by atoms with Crippen LogP contribution in [0.2, 0.25) is 5.02 Å². The van der Waals surface area contributed by atoms with Gasteiger partial charge in [0.15, 0.2) is 0 Å². The van der Waals surface area contributed by atoms with Crippen LogP contribution < -0.4 is 10.1 Å². The van der Waals surface area contributed by atoms with Gasteiger partial charge >= 0.3 is 0 Å². The number of hydrogen-bond donors (Lipinski definition) is 1. The molecular weight excluding hydrogens is 274 g/mol. The lowest BCUT2D eigenvalue weighted by molar-refractivity contribution is 0.101. The van der Waals surface area contributed by atoms with E-state index in [2.05, 4.69) is 26.1 Å². The minimum absolute atomic E-state index is 0.532. The van der Waals surface area contributed by atoms with Gasteiger partial charge < -0.3 is 14.8 Å². The molecule has 4 heteroatoms. The summed E-state index contributed by atoms with van der Waals surface area (Å²) in [7, 11) is 0. The standard InChI is InChI=1S/C16H26ClNO2/c1-4-7-19-8-9-20-16-6-5-14(10-15(16)17)12-18-11-13(2)3/h5-6,10,13,18H,4,7-9,11-12H2,1-3H3. The molecule has 0 aliphatic carbocycles. The van der Waals surface area contributed by atoms with Crippen LogP contribution in [0, 0.1) is 5.92 Å². The summed E-state index contributed by atoms with van der Waals surface area (Å²) in [5.74, 6) is 1.37. The van der Waals surface area contributed by atoms with E-state index < -0.39 is 0 Å². The lowest BCUT2D eigenvalue weighted by Crippen LogP contribution is -2.18. The molecule has 1 aromatic carbocycles. The van der Waals surface area contributed by atoms with Gasteiger partial charge in [0.1, 0.15) is 12.4 Å². The van der Waals surface area contributed by atoms with Gasteiger partial charge in [-0.15, -0.1) is 0 Å². The molecule has 114 valence electrons. The Kier molecular flexibility index (Phi) is 8.67. The molecule has 1 N–H and O–H groups in total. The third-order valence-corrected chi connectivity index (χ3v) is 3.01. The van der Waals surface area contributed by atoms with Crippen molar-refractivity contribution >= 4 is 11.6 Å². The van der Waals surface area contributed by atoms with Gasteiger partial charge in [-0.25, -0.2) is 0 Å². The number of hydrogen-bond acceptors (Lipinski definition) is 3. The number of nitrogens with one attached hydrogen (secondary N) is 1. The molecule has 1 aromatic rings. The highest BCUT2D eigenvalue weighted by molar-refractivity contribution is 6.32. The van der Waals surface area contributed by atoms with Crippen molar-refractivity contribution in [3.05, 3.63) is 28.8 Å². The first-order valence-corrected chi connectivity index (χ1v) is 7.71. The predicted molar refractivity (Wildman–Crippen MR) is 84.6 cm³/mol. The van der Waals surface area contributed by atoms with Gasteiger partial charge in [0, 0.05) is 13.2 Å². The van der Waals surface area contributed by atoms with Crippen LogP contribution in [0.15, 0.2) is 18.2 Å². The van der Waals surface area contributed by atoms with E-state index in [4.69, 9.17) is 21.1 Å². The van der Waals surface area contributed by atoms with Crippen LogP contribution in [0.5, 0.6) is 5.75 Å². The minimum atomic E-state index is 0.532. The van der Waals surface area contributed by atoms with Gasteiger partial charge in [-0.3, -0.25) is 0 Å². The molecule has 0 aliphatic heterocycles. The van der Waals surface area contributed by atoms with Crippen molar-refractivity contribution in [1.82, 2.24) is 5.32 Å². The average Bonchev–Trinajstić information content (AvgIpc) is 2.40. The molecule has 20 heavy (non-hydrogen) atoms. The molecule has 1 rings (SSSR count). The summed E-state index contributed by atoms with van der Waals surface area (Å²) in [4.78, 5) is 0. The molecule has 0 spiro atoms. The molecule has 0 bridgehead atoms. The summed E-state index contributed by atoms with van der Waals surface area (Å²) < 4.78 is 11.0. The highest BCUT2D eigenvalue weighted by atomic mass is 35.5. The molecule has 3 nitrogen and oxygen atoms in total. The van der Waals surface area contributed by atoms with E-state index in [1.54, 1.807) is 0 Å². The van der Waals surface area contributed by atoms with E-state index in [1.807, 2.05) is 18.2 Å². The Morgan fingerprint density at radius 1 is 1.20 bits per heavy atom. The highest BCUT2D eigenvalue weighted by Crippen LogP contribution is 2.25. The van der Waals surface area contributed by atoms with Crippen LogP contribution in [0.1, 0.15) is 32.8 Å². The second-order valence-electron chi connectivity index (χ2n) is 5.25. The third-order valence-electron chi connectivity index (χ3n) is 2.71. The second-order valence-corrected chi connectivity index (χ2v) is 5.66. The number of benzene rings is 1. The molecule has 0 atom stereocenters. The van der Waals surface area contributed by atoms with Crippen LogP contribution in [0.4, 0.5) is 0 Å². The topological polar surface area (TPSA) is 30.5 Å². The van der Waals surface area contributed by atoms with Gasteiger partial charge in [0.05, 0.1) is 11.6 Å². The van der Waals surface area contributed by atoms with Crippen molar-refractivity contribution in [2.75, 3.05) is 26.4 Å². The number of ether oxygens (including phenoxy) is 2. The van der Waals surface area contributed by atoms with Gasteiger partial charge in [0.25, 0.3) is 0 Å².